The highest BCUT2D eigenvalue weighted by Gasteiger charge is 2.15. The Labute approximate surface area is 122 Å². The molecule has 0 radical (unpaired) electrons. The number of ether oxygens (including phenoxy) is 1. The summed E-state index contributed by atoms with van der Waals surface area (Å²) in [6.45, 7) is 0.103. The van der Waals surface area contributed by atoms with Gasteiger partial charge >= 0.3 is 5.97 Å². The molecule has 0 atom stereocenters. The fraction of sp³-hybridized carbons (Fsp3) is 0.125. The summed E-state index contributed by atoms with van der Waals surface area (Å²) in [6.07, 6.45) is 0.0186. The van der Waals surface area contributed by atoms with Gasteiger partial charge < -0.3 is 4.74 Å². The number of hydrogen-bond acceptors (Lipinski definition) is 3. The van der Waals surface area contributed by atoms with E-state index in [9.17, 15) is 9.59 Å². The summed E-state index contributed by atoms with van der Waals surface area (Å²) in [4.78, 5) is 23.3. The van der Waals surface area contributed by atoms with Gasteiger partial charge in [-0.15, -0.1) is 0 Å². The van der Waals surface area contributed by atoms with Crippen LogP contribution in [0.5, 0.6) is 0 Å². The lowest BCUT2D eigenvalue weighted by atomic mass is 10.1. The monoisotopic (exact) mass is 288 g/mol. The second kappa shape index (κ2) is 6.87. The number of esters is 1. The highest BCUT2D eigenvalue weighted by Crippen LogP contribution is 2.10. The van der Waals surface area contributed by atoms with Gasteiger partial charge in [-0.05, 0) is 23.3 Å². The number of ketones is 1. The van der Waals surface area contributed by atoms with Gasteiger partial charge in [0.2, 0.25) is 5.78 Å². The summed E-state index contributed by atoms with van der Waals surface area (Å²) in [5.74, 6) is -1.38. The summed E-state index contributed by atoms with van der Waals surface area (Å²) in [5, 5.41) is 0.591. The number of benzene rings is 2. The molecule has 0 fully saturated rings. The minimum atomic E-state index is -0.816. The molecule has 0 spiro atoms. The lowest BCUT2D eigenvalue weighted by molar-refractivity contribution is -0.154. The Bertz CT molecular complexity index is 591. The van der Waals surface area contributed by atoms with Crippen molar-refractivity contribution in [2.45, 2.75) is 13.0 Å². The normalized spacial score (nSPS) is 10.1. The number of hydrogen-bond donors (Lipinski definition) is 0. The van der Waals surface area contributed by atoms with E-state index in [0.717, 1.165) is 11.1 Å². The van der Waals surface area contributed by atoms with Crippen molar-refractivity contribution in [3.8, 4) is 0 Å². The SMILES string of the molecule is O=C(Cc1ccc(Cl)cc1)C(=O)OCc1ccccc1. The fourth-order valence-electron chi connectivity index (χ4n) is 1.66. The average Bonchev–Trinajstić information content (AvgIpc) is 2.48. The Morgan fingerprint density at radius 3 is 2.20 bits per heavy atom. The van der Waals surface area contributed by atoms with Gasteiger partial charge in [-0.3, -0.25) is 4.79 Å². The predicted octanol–water partition coefficient (Wildman–Crippen LogP) is 3.20. The van der Waals surface area contributed by atoms with Crippen molar-refractivity contribution in [2.24, 2.45) is 0 Å². The predicted molar refractivity (Wildman–Crippen MR) is 76.4 cm³/mol. The van der Waals surface area contributed by atoms with E-state index < -0.39 is 11.8 Å². The molecule has 2 rings (SSSR count). The van der Waals surface area contributed by atoms with Crippen LogP contribution in [0.3, 0.4) is 0 Å². The van der Waals surface area contributed by atoms with Crippen molar-refractivity contribution in [3.05, 3.63) is 70.7 Å². The molecule has 0 aliphatic rings. The Balaban J connectivity index is 1.86. The molecule has 2 aromatic rings. The molecule has 102 valence electrons. The Morgan fingerprint density at radius 2 is 1.55 bits per heavy atom. The second-order valence-corrected chi connectivity index (χ2v) is 4.72. The van der Waals surface area contributed by atoms with Gasteiger partial charge in [0.15, 0.2) is 0 Å². The first-order valence-corrected chi connectivity index (χ1v) is 6.51. The molecule has 0 heterocycles. The topological polar surface area (TPSA) is 43.4 Å². The van der Waals surface area contributed by atoms with Crippen molar-refractivity contribution in [1.82, 2.24) is 0 Å². The lowest BCUT2D eigenvalue weighted by Gasteiger charge is -2.04. The molecule has 0 aliphatic heterocycles. The van der Waals surface area contributed by atoms with E-state index in [1.807, 2.05) is 30.3 Å². The Kier molecular flexibility index (Phi) is 4.91. The highest BCUT2D eigenvalue weighted by molar-refractivity contribution is 6.34. The molecule has 0 saturated carbocycles. The largest absolute Gasteiger partial charge is 0.455 e. The first-order chi connectivity index (χ1) is 9.65. The summed E-state index contributed by atoms with van der Waals surface area (Å²) in [7, 11) is 0. The van der Waals surface area contributed by atoms with Crippen molar-refractivity contribution < 1.29 is 14.3 Å². The van der Waals surface area contributed by atoms with E-state index in [1.54, 1.807) is 24.3 Å². The van der Waals surface area contributed by atoms with Crippen LogP contribution in [0, 0.1) is 0 Å². The molecule has 3 nitrogen and oxygen atoms in total. The van der Waals surface area contributed by atoms with E-state index in [-0.39, 0.29) is 13.0 Å². The second-order valence-electron chi connectivity index (χ2n) is 4.29. The third-order valence-electron chi connectivity index (χ3n) is 2.72. The quantitative estimate of drug-likeness (QED) is 0.627. The van der Waals surface area contributed by atoms with Crippen molar-refractivity contribution in [3.63, 3.8) is 0 Å². The van der Waals surface area contributed by atoms with Crippen LogP contribution < -0.4 is 0 Å². The molecule has 0 bridgehead atoms. The number of halogens is 1. The van der Waals surface area contributed by atoms with Gasteiger partial charge in [-0.2, -0.15) is 0 Å². The third-order valence-corrected chi connectivity index (χ3v) is 2.97. The Hall–Kier alpha value is -2.13. The van der Waals surface area contributed by atoms with Crippen LogP contribution in [0.4, 0.5) is 0 Å². The molecule has 0 unspecified atom stereocenters. The van der Waals surface area contributed by atoms with Crippen LogP contribution in [0.2, 0.25) is 5.02 Å². The standard InChI is InChI=1S/C16H13ClO3/c17-14-8-6-12(7-9-14)10-15(18)16(19)20-11-13-4-2-1-3-5-13/h1-9H,10-11H2. The molecule has 0 amide bonds. The van der Waals surface area contributed by atoms with Crippen LogP contribution in [0.1, 0.15) is 11.1 Å². The van der Waals surface area contributed by atoms with Crippen LogP contribution in [-0.4, -0.2) is 11.8 Å². The number of carbonyl (C=O) groups excluding carboxylic acids is 2. The van der Waals surface area contributed by atoms with Gasteiger partial charge in [-0.25, -0.2) is 4.79 Å². The Morgan fingerprint density at radius 1 is 0.900 bits per heavy atom. The van der Waals surface area contributed by atoms with E-state index in [4.69, 9.17) is 16.3 Å². The smallest absolute Gasteiger partial charge is 0.375 e. The molecular weight excluding hydrogens is 276 g/mol. The van der Waals surface area contributed by atoms with Crippen LogP contribution in [-0.2, 0) is 27.4 Å². The zero-order valence-corrected chi connectivity index (χ0v) is 11.5. The summed E-state index contributed by atoms with van der Waals surface area (Å²) < 4.78 is 4.97. The minimum Gasteiger partial charge on any atom is -0.455 e. The van der Waals surface area contributed by atoms with Crippen LogP contribution in [0.25, 0.3) is 0 Å². The van der Waals surface area contributed by atoms with Crippen molar-refractivity contribution >= 4 is 23.4 Å². The molecule has 0 saturated heterocycles. The third kappa shape index (κ3) is 4.21. The van der Waals surface area contributed by atoms with Gasteiger partial charge in [0, 0.05) is 11.4 Å². The molecule has 0 N–H and O–H groups in total. The highest BCUT2D eigenvalue weighted by atomic mass is 35.5. The lowest BCUT2D eigenvalue weighted by Crippen LogP contribution is -2.19. The van der Waals surface area contributed by atoms with E-state index >= 15 is 0 Å². The fourth-order valence-corrected chi connectivity index (χ4v) is 1.79. The van der Waals surface area contributed by atoms with Crippen LogP contribution in [0.15, 0.2) is 54.6 Å². The molecule has 0 aliphatic carbocycles. The molecule has 2 aromatic carbocycles. The van der Waals surface area contributed by atoms with Gasteiger partial charge in [0.25, 0.3) is 0 Å². The average molecular weight is 289 g/mol. The van der Waals surface area contributed by atoms with Crippen molar-refractivity contribution in [1.29, 1.82) is 0 Å². The first-order valence-electron chi connectivity index (χ1n) is 6.13. The maximum atomic E-state index is 11.7. The maximum Gasteiger partial charge on any atom is 0.375 e. The number of carbonyl (C=O) groups is 2. The minimum absolute atomic E-state index is 0.0186. The van der Waals surface area contributed by atoms with Gasteiger partial charge in [0.05, 0.1) is 0 Å². The zero-order chi connectivity index (χ0) is 14.4. The first kappa shape index (κ1) is 14.3. The summed E-state index contributed by atoms with van der Waals surface area (Å²) in [6, 6.07) is 16.0. The van der Waals surface area contributed by atoms with Crippen LogP contribution >= 0.6 is 11.6 Å². The summed E-state index contributed by atoms with van der Waals surface area (Å²) in [5.41, 5.74) is 1.58. The maximum absolute atomic E-state index is 11.7. The van der Waals surface area contributed by atoms with Gasteiger partial charge in [-0.1, -0.05) is 54.1 Å². The van der Waals surface area contributed by atoms with E-state index in [0.29, 0.717) is 5.02 Å². The van der Waals surface area contributed by atoms with E-state index in [2.05, 4.69) is 0 Å². The van der Waals surface area contributed by atoms with Crippen molar-refractivity contribution in [2.75, 3.05) is 0 Å². The molecule has 20 heavy (non-hydrogen) atoms. The number of rotatable bonds is 5. The zero-order valence-electron chi connectivity index (χ0n) is 10.7. The van der Waals surface area contributed by atoms with E-state index in [1.165, 1.54) is 0 Å². The molecule has 4 heteroatoms. The van der Waals surface area contributed by atoms with Gasteiger partial charge in [0.1, 0.15) is 6.61 Å². The number of Topliss-reactive ketones (excluding diaryl/α,β-unsaturated/α-hetero) is 1. The molecular formula is C16H13ClO3. The molecule has 0 aromatic heterocycles. The summed E-state index contributed by atoms with van der Waals surface area (Å²) >= 11 is 5.75.